The fourth-order valence-corrected chi connectivity index (χ4v) is 3.20. The summed E-state index contributed by atoms with van der Waals surface area (Å²) in [7, 11) is 0. The van der Waals surface area contributed by atoms with E-state index in [4.69, 9.17) is 5.73 Å². The molecule has 0 fully saturated rings. The largest absolute Gasteiger partial charge is 0.508 e. The van der Waals surface area contributed by atoms with Crippen molar-refractivity contribution < 1.29 is 9.90 Å². The average molecular weight is 344 g/mol. The van der Waals surface area contributed by atoms with Crippen LogP contribution in [0.3, 0.4) is 0 Å². The predicted octanol–water partition coefficient (Wildman–Crippen LogP) is 3.24. The molecule has 0 spiro atoms. The van der Waals surface area contributed by atoms with Crippen molar-refractivity contribution in [2.45, 2.75) is 5.92 Å². The molecule has 26 heavy (non-hydrogen) atoms. The quantitative estimate of drug-likeness (QED) is 0.389. The fraction of sp³-hybridized carbons (Fsp3) is 0.0500. The van der Waals surface area contributed by atoms with E-state index >= 15 is 0 Å². The third-order valence-corrected chi connectivity index (χ3v) is 4.48. The zero-order valence-corrected chi connectivity index (χ0v) is 13.8. The van der Waals surface area contributed by atoms with Gasteiger partial charge in [0.25, 0.3) is 0 Å². The lowest BCUT2D eigenvalue weighted by molar-refractivity contribution is -0.108. The number of nitrogen functional groups attached to an aromatic ring is 1. The van der Waals surface area contributed by atoms with Crippen LogP contribution in [0.15, 0.2) is 60.9 Å². The standard InChI is InChI=1S/C20H16N4O2/c21-18-4-2-1-3-14(18)16-10-23-24-20-19(16)15(9-22-20)17(11-25)12-5-7-13(26)8-6-12/h1-11,17,26H,21H2,(H,22,24). The molecule has 0 amide bonds. The van der Waals surface area contributed by atoms with Gasteiger partial charge in [-0.3, -0.25) is 0 Å². The van der Waals surface area contributed by atoms with Crippen molar-refractivity contribution in [1.82, 2.24) is 15.2 Å². The molecule has 128 valence electrons. The lowest BCUT2D eigenvalue weighted by atomic mass is 9.90. The van der Waals surface area contributed by atoms with Crippen LogP contribution >= 0.6 is 0 Å². The minimum atomic E-state index is -0.503. The Balaban J connectivity index is 1.95. The molecule has 0 aliphatic rings. The summed E-state index contributed by atoms with van der Waals surface area (Å²) in [6.07, 6.45) is 4.31. The number of nitrogens with zero attached hydrogens (tertiary/aromatic N) is 2. The first-order chi connectivity index (χ1) is 12.7. The number of fused-ring (bicyclic) bond motifs is 1. The summed E-state index contributed by atoms with van der Waals surface area (Å²) < 4.78 is 0. The van der Waals surface area contributed by atoms with Gasteiger partial charge in [-0.2, -0.15) is 5.10 Å². The molecular formula is C20H16N4O2. The van der Waals surface area contributed by atoms with Crippen LogP contribution in [0, 0.1) is 0 Å². The van der Waals surface area contributed by atoms with E-state index < -0.39 is 5.92 Å². The molecule has 6 heteroatoms. The van der Waals surface area contributed by atoms with Crippen molar-refractivity contribution in [2.24, 2.45) is 0 Å². The van der Waals surface area contributed by atoms with Gasteiger partial charge in [0.05, 0.1) is 12.1 Å². The Bertz CT molecular complexity index is 1090. The second kappa shape index (κ2) is 6.33. The van der Waals surface area contributed by atoms with E-state index in [2.05, 4.69) is 15.2 Å². The summed E-state index contributed by atoms with van der Waals surface area (Å²) >= 11 is 0. The van der Waals surface area contributed by atoms with Gasteiger partial charge < -0.3 is 20.6 Å². The van der Waals surface area contributed by atoms with E-state index in [1.807, 2.05) is 24.3 Å². The number of hydrogen-bond acceptors (Lipinski definition) is 5. The number of nitrogens with two attached hydrogens (primary N) is 1. The topological polar surface area (TPSA) is 105 Å². The van der Waals surface area contributed by atoms with Gasteiger partial charge in [0.2, 0.25) is 0 Å². The number of carbonyl (C=O) groups is 1. The highest BCUT2D eigenvalue weighted by molar-refractivity contribution is 5.99. The van der Waals surface area contributed by atoms with Crippen molar-refractivity contribution >= 4 is 23.0 Å². The molecule has 4 N–H and O–H groups in total. The van der Waals surface area contributed by atoms with Crippen LogP contribution in [0.1, 0.15) is 17.0 Å². The first-order valence-corrected chi connectivity index (χ1v) is 8.11. The van der Waals surface area contributed by atoms with Crippen molar-refractivity contribution in [3.63, 3.8) is 0 Å². The van der Waals surface area contributed by atoms with E-state index in [-0.39, 0.29) is 5.75 Å². The maximum atomic E-state index is 11.9. The number of phenolic OH excluding ortho intramolecular Hbond substituents is 1. The maximum absolute atomic E-state index is 11.9. The molecule has 1 unspecified atom stereocenters. The van der Waals surface area contributed by atoms with E-state index in [9.17, 15) is 9.90 Å². The van der Waals surface area contributed by atoms with Gasteiger partial charge in [0.15, 0.2) is 5.65 Å². The summed E-state index contributed by atoms with van der Waals surface area (Å²) in [6, 6.07) is 14.1. The lowest BCUT2D eigenvalue weighted by Crippen LogP contribution is -2.02. The highest BCUT2D eigenvalue weighted by Crippen LogP contribution is 2.37. The van der Waals surface area contributed by atoms with Gasteiger partial charge in [-0.05, 0) is 29.3 Å². The minimum Gasteiger partial charge on any atom is -0.508 e. The number of hydrogen-bond donors (Lipinski definition) is 3. The van der Waals surface area contributed by atoms with Crippen molar-refractivity contribution in [3.8, 4) is 16.9 Å². The van der Waals surface area contributed by atoms with Crippen molar-refractivity contribution in [1.29, 1.82) is 0 Å². The van der Waals surface area contributed by atoms with E-state index in [0.717, 1.165) is 33.9 Å². The molecule has 0 saturated heterocycles. The van der Waals surface area contributed by atoms with Gasteiger partial charge in [0, 0.05) is 28.4 Å². The van der Waals surface area contributed by atoms with Crippen LogP contribution in [0.25, 0.3) is 22.2 Å². The molecule has 2 aromatic heterocycles. The van der Waals surface area contributed by atoms with E-state index in [1.165, 1.54) is 0 Å². The van der Waals surface area contributed by atoms with Crippen LogP contribution < -0.4 is 5.73 Å². The Morgan fingerprint density at radius 2 is 1.85 bits per heavy atom. The smallest absolute Gasteiger partial charge is 0.160 e. The highest BCUT2D eigenvalue weighted by atomic mass is 16.3. The number of H-pyrrole nitrogens is 1. The fourth-order valence-electron chi connectivity index (χ4n) is 3.20. The second-order valence-electron chi connectivity index (χ2n) is 6.02. The number of aromatic amines is 1. The summed E-state index contributed by atoms with van der Waals surface area (Å²) in [6.45, 7) is 0. The second-order valence-corrected chi connectivity index (χ2v) is 6.02. The lowest BCUT2D eigenvalue weighted by Gasteiger charge is -2.13. The monoisotopic (exact) mass is 344 g/mol. The number of aromatic nitrogens is 3. The SMILES string of the molecule is Nc1ccccc1-c1cnnc2[nH]cc(C(C=O)c3ccc(O)cc3)c12. The molecule has 0 bridgehead atoms. The van der Waals surface area contributed by atoms with Gasteiger partial charge in [-0.15, -0.1) is 5.10 Å². The molecule has 2 aromatic carbocycles. The summed E-state index contributed by atoms with van der Waals surface area (Å²) in [5.74, 6) is -0.349. The molecule has 4 rings (SSSR count). The number of anilines is 1. The Kier molecular flexibility index (Phi) is 3.85. The van der Waals surface area contributed by atoms with Gasteiger partial charge >= 0.3 is 0 Å². The normalized spacial score (nSPS) is 12.2. The average Bonchev–Trinajstić information content (AvgIpc) is 3.09. The first kappa shape index (κ1) is 15.8. The third-order valence-electron chi connectivity index (χ3n) is 4.48. The molecule has 2 heterocycles. The number of phenols is 1. The molecule has 0 radical (unpaired) electrons. The van der Waals surface area contributed by atoms with E-state index in [0.29, 0.717) is 11.3 Å². The number of benzene rings is 2. The summed E-state index contributed by atoms with van der Waals surface area (Å²) in [4.78, 5) is 15.0. The Morgan fingerprint density at radius 1 is 1.08 bits per heavy atom. The zero-order chi connectivity index (χ0) is 18.1. The van der Waals surface area contributed by atoms with Crippen LogP contribution in [0.2, 0.25) is 0 Å². The van der Waals surface area contributed by atoms with Gasteiger partial charge in [0.1, 0.15) is 12.0 Å². The number of rotatable bonds is 4. The van der Waals surface area contributed by atoms with Crippen LogP contribution in [-0.4, -0.2) is 26.6 Å². The maximum Gasteiger partial charge on any atom is 0.160 e. The number of aromatic hydroxyl groups is 1. The molecule has 1 atom stereocenters. The Morgan fingerprint density at radius 3 is 2.58 bits per heavy atom. The zero-order valence-electron chi connectivity index (χ0n) is 13.8. The molecular weight excluding hydrogens is 328 g/mol. The number of aldehydes is 1. The summed E-state index contributed by atoms with van der Waals surface area (Å²) in [5, 5.41) is 18.5. The number of para-hydroxylation sites is 1. The molecule has 0 saturated carbocycles. The minimum absolute atomic E-state index is 0.154. The first-order valence-electron chi connectivity index (χ1n) is 8.11. The third kappa shape index (κ3) is 2.57. The number of carbonyl (C=O) groups excluding carboxylic acids is 1. The van der Waals surface area contributed by atoms with E-state index in [1.54, 1.807) is 36.7 Å². The molecule has 4 aromatic rings. The molecule has 0 aliphatic carbocycles. The van der Waals surface area contributed by atoms with Gasteiger partial charge in [-0.25, -0.2) is 0 Å². The van der Waals surface area contributed by atoms with Crippen molar-refractivity contribution in [3.05, 3.63) is 72.1 Å². The van der Waals surface area contributed by atoms with Crippen LogP contribution in [0.4, 0.5) is 5.69 Å². The Labute approximate surface area is 149 Å². The van der Waals surface area contributed by atoms with Gasteiger partial charge in [-0.1, -0.05) is 30.3 Å². The summed E-state index contributed by atoms with van der Waals surface area (Å²) in [5.41, 5.74) is 10.6. The predicted molar refractivity (Wildman–Crippen MR) is 99.8 cm³/mol. The Hall–Kier alpha value is -3.67. The van der Waals surface area contributed by atoms with Crippen LogP contribution in [-0.2, 0) is 4.79 Å². The van der Waals surface area contributed by atoms with Crippen molar-refractivity contribution in [2.75, 3.05) is 5.73 Å². The molecule has 0 aliphatic heterocycles. The molecule has 6 nitrogen and oxygen atoms in total. The highest BCUT2D eigenvalue weighted by Gasteiger charge is 2.21. The number of nitrogens with one attached hydrogen (secondary N) is 1. The van der Waals surface area contributed by atoms with Crippen LogP contribution in [0.5, 0.6) is 5.75 Å².